The third-order valence-electron chi connectivity index (χ3n) is 4.24. The van der Waals surface area contributed by atoms with Crippen molar-refractivity contribution in [1.82, 2.24) is 5.32 Å². The average Bonchev–Trinajstić information content (AvgIpc) is 2.37. The highest BCUT2D eigenvalue weighted by Crippen LogP contribution is 2.35. The van der Waals surface area contributed by atoms with Gasteiger partial charge in [0.1, 0.15) is 0 Å². The molecule has 1 nitrogen and oxygen atoms in total. The molecule has 2 heteroatoms. The molecule has 0 heterocycles. The van der Waals surface area contributed by atoms with Crippen LogP contribution in [-0.4, -0.2) is 6.54 Å². The lowest BCUT2D eigenvalue weighted by Gasteiger charge is -2.35. The molecule has 0 aliphatic heterocycles. The normalized spacial score (nSPS) is 20.6. The summed E-state index contributed by atoms with van der Waals surface area (Å²) < 4.78 is 1.16. The summed E-state index contributed by atoms with van der Waals surface area (Å²) in [6, 6.07) is 9.03. The first kappa shape index (κ1) is 14.1. The van der Waals surface area contributed by atoms with Gasteiger partial charge in [0.2, 0.25) is 0 Å². The molecule has 0 radical (unpaired) electrons. The van der Waals surface area contributed by atoms with Crippen LogP contribution in [0, 0.1) is 5.41 Å². The highest BCUT2D eigenvalue weighted by atomic mass is 79.9. The zero-order chi connectivity index (χ0) is 13.0. The Morgan fingerprint density at radius 1 is 1.28 bits per heavy atom. The maximum Gasteiger partial charge on any atom is 0.0292 e. The first-order valence-electron chi connectivity index (χ1n) is 7.08. The predicted molar refractivity (Wildman–Crippen MR) is 81.8 cm³/mol. The van der Waals surface area contributed by atoms with Gasteiger partial charge in [-0.25, -0.2) is 0 Å². The molecule has 0 amide bonds. The van der Waals surface area contributed by atoms with Gasteiger partial charge in [-0.1, -0.05) is 54.2 Å². The summed E-state index contributed by atoms with van der Waals surface area (Å²) in [4.78, 5) is 0. The van der Waals surface area contributed by atoms with E-state index in [1.165, 1.54) is 37.7 Å². The molecule has 1 aromatic carbocycles. The molecule has 1 N–H and O–H groups in total. The lowest BCUT2D eigenvalue weighted by Crippen LogP contribution is -2.34. The van der Waals surface area contributed by atoms with E-state index >= 15 is 0 Å². The second-order valence-corrected chi connectivity index (χ2v) is 6.94. The fraction of sp³-hybridized carbons (Fsp3) is 0.625. The van der Waals surface area contributed by atoms with Gasteiger partial charge in [-0.15, -0.1) is 0 Å². The highest BCUT2D eigenvalue weighted by Gasteiger charge is 2.26. The van der Waals surface area contributed by atoms with Crippen LogP contribution in [-0.2, 0) is 0 Å². The van der Waals surface area contributed by atoms with E-state index in [2.05, 4.69) is 59.4 Å². The van der Waals surface area contributed by atoms with E-state index in [1.54, 1.807) is 0 Å². The van der Waals surface area contributed by atoms with Crippen molar-refractivity contribution in [2.24, 2.45) is 5.41 Å². The van der Waals surface area contributed by atoms with Gasteiger partial charge in [-0.2, -0.15) is 0 Å². The molecule has 18 heavy (non-hydrogen) atoms. The minimum Gasteiger partial charge on any atom is -0.310 e. The Balaban J connectivity index is 1.89. The van der Waals surface area contributed by atoms with Gasteiger partial charge < -0.3 is 5.32 Å². The SMILES string of the molecule is CC(NCC1(C)CCCCC1)c1cccc(Br)c1. The number of halogens is 1. The van der Waals surface area contributed by atoms with Crippen LogP contribution in [0.1, 0.15) is 57.6 Å². The largest absolute Gasteiger partial charge is 0.310 e. The van der Waals surface area contributed by atoms with Crippen molar-refractivity contribution in [3.8, 4) is 0 Å². The number of hydrogen-bond donors (Lipinski definition) is 1. The van der Waals surface area contributed by atoms with Crippen molar-refractivity contribution in [3.63, 3.8) is 0 Å². The maximum absolute atomic E-state index is 3.72. The molecule has 2 rings (SSSR count). The summed E-state index contributed by atoms with van der Waals surface area (Å²) in [5, 5.41) is 3.72. The molecule has 0 saturated heterocycles. The van der Waals surface area contributed by atoms with E-state index in [1.807, 2.05) is 0 Å². The van der Waals surface area contributed by atoms with Crippen LogP contribution in [0.2, 0.25) is 0 Å². The van der Waals surface area contributed by atoms with Crippen molar-refractivity contribution in [1.29, 1.82) is 0 Å². The average molecular weight is 310 g/mol. The van der Waals surface area contributed by atoms with E-state index in [0.717, 1.165) is 11.0 Å². The van der Waals surface area contributed by atoms with Crippen LogP contribution in [0.3, 0.4) is 0 Å². The predicted octanol–water partition coefficient (Wildman–Crippen LogP) is 5.07. The summed E-state index contributed by atoms with van der Waals surface area (Å²) in [7, 11) is 0. The topological polar surface area (TPSA) is 12.0 Å². The first-order chi connectivity index (χ1) is 8.59. The van der Waals surface area contributed by atoms with Crippen molar-refractivity contribution in [2.45, 2.75) is 52.0 Å². The number of hydrogen-bond acceptors (Lipinski definition) is 1. The standard InChI is InChI=1S/C16H24BrN/c1-13(14-7-6-8-15(17)11-14)18-12-16(2)9-4-3-5-10-16/h6-8,11,13,18H,3-5,9-10,12H2,1-2H3. The summed E-state index contributed by atoms with van der Waals surface area (Å²) in [5.41, 5.74) is 1.88. The minimum absolute atomic E-state index is 0.432. The van der Waals surface area contributed by atoms with E-state index in [4.69, 9.17) is 0 Å². The number of benzene rings is 1. The summed E-state index contributed by atoms with van der Waals surface area (Å²) in [6.45, 7) is 5.83. The second-order valence-electron chi connectivity index (χ2n) is 6.03. The first-order valence-corrected chi connectivity index (χ1v) is 7.87. The molecule has 0 aromatic heterocycles. The summed E-state index contributed by atoms with van der Waals surface area (Å²) in [6.07, 6.45) is 7.00. The zero-order valence-corrected chi connectivity index (χ0v) is 13.1. The highest BCUT2D eigenvalue weighted by molar-refractivity contribution is 9.10. The monoisotopic (exact) mass is 309 g/mol. The molecule has 1 saturated carbocycles. The fourth-order valence-corrected chi connectivity index (χ4v) is 3.29. The smallest absolute Gasteiger partial charge is 0.0292 e. The van der Waals surface area contributed by atoms with Crippen LogP contribution >= 0.6 is 15.9 Å². The van der Waals surface area contributed by atoms with Gasteiger partial charge in [-0.05, 0) is 42.9 Å². The van der Waals surface area contributed by atoms with Gasteiger partial charge in [0.15, 0.2) is 0 Å². The van der Waals surface area contributed by atoms with Crippen LogP contribution in [0.15, 0.2) is 28.7 Å². The quantitative estimate of drug-likeness (QED) is 0.818. The van der Waals surface area contributed by atoms with Gasteiger partial charge in [0.05, 0.1) is 0 Å². The van der Waals surface area contributed by atoms with Crippen LogP contribution < -0.4 is 5.32 Å². The Hall–Kier alpha value is -0.340. The van der Waals surface area contributed by atoms with Gasteiger partial charge in [0.25, 0.3) is 0 Å². The van der Waals surface area contributed by atoms with E-state index in [9.17, 15) is 0 Å². The van der Waals surface area contributed by atoms with E-state index < -0.39 is 0 Å². The summed E-state index contributed by atoms with van der Waals surface area (Å²) >= 11 is 3.54. The zero-order valence-electron chi connectivity index (χ0n) is 11.5. The lowest BCUT2D eigenvalue weighted by atomic mass is 9.75. The molecule has 100 valence electrons. The van der Waals surface area contributed by atoms with Crippen molar-refractivity contribution < 1.29 is 0 Å². The Morgan fingerprint density at radius 3 is 2.67 bits per heavy atom. The number of rotatable bonds is 4. The van der Waals surface area contributed by atoms with E-state index in [0.29, 0.717) is 11.5 Å². The Labute approximate surface area is 119 Å². The molecule has 0 bridgehead atoms. The molecular formula is C16H24BrN. The Kier molecular flexibility index (Phi) is 4.85. The lowest BCUT2D eigenvalue weighted by molar-refractivity contribution is 0.202. The molecule has 1 aliphatic carbocycles. The number of nitrogens with one attached hydrogen (secondary N) is 1. The van der Waals surface area contributed by atoms with Crippen LogP contribution in [0.5, 0.6) is 0 Å². The second kappa shape index (κ2) is 6.21. The molecule has 0 spiro atoms. The third kappa shape index (κ3) is 3.83. The molecular weight excluding hydrogens is 286 g/mol. The van der Waals surface area contributed by atoms with Crippen LogP contribution in [0.4, 0.5) is 0 Å². The van der Waals surface area contributed by atoms with Crippen LogP contribution in [0.25, 0.3) is 0 Å². The van der Waals surface area contributed by atoms with Gasteiger partial charge in [0, 0.05) is 17.1 Å². The molecule has 1 aromatic rings. The van der Waals surface area contributed by atoms with E-state index in [-0.39, 0.29) is 0 Å². The minimum atomic E-state index is 0.432. The molecule has 1 aliphatic rings. The van der Waals surface area contributed by atoms with Crippen molar-refractivity contribution in [3.05, 3.63) is 34.3 Å². The molecule has 1 atom stereocenters. The summed E-state index contributed by atoms with van der Waals surface area (Å²) in [5.74, 6) is 0. The Bertz CT molecular complexity index is 382. The Morgan fingerprint density at radius 2 is 2.00 bits per heavy atom. The maximum atomic E-state index is 3.72. The fourth-order valence-electron chi connectivity index (χ4n) is 2.88. The molecule has 1 fully saturated rings. The van der Waals surface area contributed by atoms with Gasteiger partial charge in [-0.3, -0.25) is 0 Å². The van der Waals surface area contributed by atoms with Gasteiger partial charge >= 0.3 is 0 Å². The van der Waals surface area contributed by atoms with Crippen molar-refractivity contribution >= 4 is 15.9 Å². The third-order valence-corrected chi connectivity index (χ3v) is 4.74. The van der Waals surface area contributed by atoms with Crippen molar-refractivity contribution in [2.75, 3.05) is 6.54 Å². The molecule has 1 unspecified atom stereocenters.